The molecular weight excluding hydrogens is 252 g/mol. The first kappa shape index (κ1) is 13.8. The molecule has 0 atom stereocenters. The van der Waals surface area contributed by atoms with Crippen LogP contribution in [-0.4, -0.2) is 9.97 Å². The summed E-state index contributed by atoms with van der Waals surface area (Å²) < 4.78 is 5.70. The van der Waals surface area contributed by atoms with Crippen LogP contribution in [0.2, 0.25) is 0 Å². The molecule has 0 bridgehead atoms. The average molecular weight is 268 g/mol. The summed E-state index contributed by atoms with van der Waals surface area (Å²) in [5.41, 5.74) is 7.39. The highest BCUT2D eigenvalue weighted by Crippen LogP contribution is 2.33. The van der Waals surface area contributed by atoms with Crippen LogP contribution in [0.1, 0.15) is 31.9 Å². The summed E-state index contributed by atoms with van der Waals surface area (Å²) in [6.07, 6.45) is 2.98. The van der Waals surface area contributed by atoms with Crippen molar-refractivity contribution in [3.8, 4) is 17.8 Å². The summed E-state index contributed by atoms with van der Waals surface area (Å²) >= 11 is 0. The van der Waals surface area contributed by atoms with Crippen molar-refractivity contribution in [2.75, 3.05) is 5.73 Å². The third-order valence-electron chi connectivity index (χ3n) is 2.77. The van der Waals surface area contributed by atoms with Gasteiger partial charge in [0.15, 0.2) is 0 Å². The summed E-state index contributed by atoms with van der Waals surface area (Å²) in [7, 11) is 0. The minimum Gasteiger partial charge on any atom is -0.424 e. The molecule has 20 heavy (non-hydrogen) atoms. The maximum Gasteiger partial charge on any atom is 0.322 e. The molecule has 0 saturated heterocycles. The zero-order valence-electron chi connectivity index (χ0n) is 11.7. The first-order valence-corrected chi connectivity index (χ1v) is 6.20. The molecule has 0 saturated carbocycles. The van der Waals surface area contributed by atoms with Gasteiger partial charge in [0.1, 0.15) is 5.75 Å². The van der Waals surface area contributed by atoms with E-state index in [2.05, 4.69) is 36.8 Å². The molecule has 0 aliphatic carbocycles. The number of nitrogens with zero attached hydrogens (tertiary/aromatic N) is 3. The third-order valence-corrected chi connectivity index (χ3v) is 2.77. The molecule has 5 nitrogen and oxygen atoms in total. The van der Waals surface area contributed by atoms with Gasteiger partial charge in [0, 0.05) is 5.56 Å². The SMILES string of the molecule is CC(C)(C)c1cc(C#N)ccc1Oc1ncc(N)cn1. The number of nitrogens with two attached hydrogens (primary N) is 1. The zero-order chi connectivity index (χ0) is 14.8. The maximum atomic E-state index is 9.01. The number of hydrogen-bond acceptors (Lipinski definition) is 5. The Balaban J connectivity index is 2.41. The van der Waals surface area contributed by atoms with Crippen molar-refractivity contribution in [3.63, 3.8) is 0 Å². The zero-order valence-corrected chi connectivity index (χ0v) is 11.7. The third kappa shape index (κ3) is 3.04. The Labute approximate surface area is 118 Å². The van der Waals surface area contributed by atoms with Crippen molar-refractivity contribution in [2.24, 2.45) is 0 Å². The summed E-state index contributed by atoms with van der Waals surface area (Å²) in [4.78, 5) is 8.03. The van der Waals surface area contributed by atoms with Crippen LogP contribution in [0, 0.1) is 11.3 Å². The lowest BCUT2D eigenvalue weighted by Gasteiger charge is -2.22. The highest BCUT2D eigenvalue weighted by atomic mass is 16.5. The molecule has 102 valence electrons. The predicted molar refractivity (Wildman–Crippen MR) is 76.4 cm³/mol. The van der Waals surface area contributed by atoms with Crippen molar-refractivity contribution in [2.45, 2.75) is 26.2 Å². The molecule has 0 spiro atoms. The van der Waals surface area contributed by atoms with E-state index >= 15 is 0 Å². The van der Waals surface area contributed by atoms with Gasteiger partial charge in [-0.15, -0.1) is 0 Å². The number of nitriles is 1. The smallest absolute Gasteiger partial charge is 0.322 e. The first-order valence-electron chi connectivity index (χ1n) is 6.20. The molecule has 0 radical (unpaired) electrons. The van der Waals surface area contributed by atoms with Crippen LogP contribution in [0.4, 0.5) is 5.69 Å². The average Bonchev–Trinajstić information content (AvgIpc) is 2.40. The monoisotopic (exact) mass is 268 g/mol. The standard InChI is InChI=1S/C15H16N4O/c1-15(2,3)12-6-10(7-16)4-5-13(12)20-14-18-8-11(17)9-19-14/h4-6,8-9H,17H2,1-3H3. The van der Waals surface area contributed by atoms with E-state index in [1.165, 1.54) is 12.4 Å². The lowest BCUT2D eigenvalue weighted by molar-refractivity contribution is 0.422. The molecule has 0 amide bonds. The molecule has 2 aromatic rings. The van der Waals surface area contributed by atoms with E-state index in [0.717, 1.165) is 5.56 Å². The summed E-state index contributed by atoms with van der Waals surface area (Å²) in [5, 5.41) is 9.01. The number of hydrogen-bond donors (Lipinski definition) is 1. The van der Waals surface area contributed by atoms with Gasteiger partial charge in [-0.25, -0.2) is 9.97 Å². The van der Waals surface area contributed by atoms with E-state index in [1.54, 1.807) is 12.1 Å². The normalized spacial score (nSPS) is 10.9. The van der Waals surface area contributed by atoms with Crippen LogP contribution in [0.3, 0.4) is 0 Å². The van der Waals surface area contributed by atoms with Gasteiger partial charge in [-0.1, -0.05) is 20.8 Å². The summed E-state index contributed by atoms with van der Waals surface area (Å²) in [6.45, 7) is 6.17. The number of nitrogen functional groups attached to an aromatic ring is 1. The Morgan fingerprint density at radius 1 is 1.20 bits per heavy atom. The van der Waals surface area contributed by atoms with Crippen LogP contribution >= 0.6 is 0 Å². The second kappa shape index (κ2) is 5.17. The highest BCUT2D eigenvalue weighted by Gasteiger charge is 2.20. The van der Waals surface area contributed by atoms with Gasteiger partial charge in [0.05, 0.1) is 29.7 Å². The predicted octanol–water partition coefficient (Wildman–Crippen LogP) is 3.02. The summed E-state index contributed by atoms with van der Waals surface area (Å²) in [6, 6.07) is 7.66. The van der Waals surface area contributed by atoms with E-state index in [-0.39, 0.29) is 11.4 Å². The number of rotatable bonds is 2. The van der Waals surface area contributed by atoms with E-state index in [1.807, 2.05) is 6.07 Å². The molecule has 1 aromatic carbocycles. The fourth-order valence-corrected chi connectivity index (χ4v) is 1.75. The fraction of sp³-hybridized carbons (Fsp3) is 0.267. The van der Waals surface area contributed by atoms with Crippen molar-refractivity contribution in [1.82, 2.24) is 9.97 Å². The first-order chi connectivity index (χ1) is 9.40. The lowest BCUT2D eigenvalue weighted by atomic mass is 9.85. The van der Waals surface area contributed by atoms with E-state index < -0.39 is 0 Å². The van der Waals surface area contributed by atoms with E-state index in [0.29, 0.717) is 17.0 Å². The van der Waals surface area contributed by atoms with Crippen LogP contribution in [-0.2, 0) is 5.41 Å². The second-order valence-corrected chi connectivity index (χ2v) is 5.47. The summed E-state index contributed by atoms with van der Waals surface area (Å²) in [5.74, 6) is 0.640. The van der Waals surface area contributed by atoms with Gasteiger partial charge in [-0.2, -0.15) is 5.26 Å². The Kier molecular flexibility index (Phi) is 3.57. The molecule has 2 N–H and O–H groups in total. The molecule has 0 fully saturated rings. The van der Waals surface area contributed by atoms with Crippen LogP contribution in [0.5, 0.6) is 11.8 Å². The topological polar surface area (TPSA) is 84.8 Å². The molecule has 0 unspecified atom stereocenters. The Morgan fingerprint density at radius 3 is 2.40 bits per heavy atom. The number of anilines is 1. The lowest BCUT2D eigenvalue weighted by Crippen LogP contribution is -2.13. The number of aromatic nitrogens is 2. The van der Waals surface area contributed by atoms with Crippen LogP contribution in [0.25, 0.3) is 0 Å². The molecule has 5 heteroatoms. The van der Waals surface area contributed by atoms with Crippen molar-refractivity contribution >= 4 is 5.69 Å². The number of benzene rings is 1. The molecule has 1 aromatic heterocycles. The van der Waals surface area contributed by atoms with Crippen LogP contribution in [0.15, 0.2) is 30.6 Å². The highest BCUT2D eigenvalue weighted by molar-refractivity contribution is 5.46. The minimum absolute atomic E-state index is 0.157. The van der Waals surface area contributed by atoms with Gasteiger partial charge in [-0.05, 0) is 23.6 Å². The minimum atomic E-state index is -0.157. The Bertz CT molecular complexity index is 651. The molecule has 0 aliphatic rings. The van der Waals surface area contributed by atoms with Crippen molar-refractivity contribution in [1.29, 1.82) is 5.26 Å². The van der Waals surface area contributed by atoms with Gasteiger partial charge in [-0.3, -0.25) is 0 Å². The maximum absolute atomic E-state index is 9.01. The Morgan fingerprint density at radius 2 is 1.85 bits per heavy atom. The molecule has 1 heterocycles. The largest absolute Gasteiger partial charge is 0.424 e. The van der Waals surface area contributed by atoms with Crippen molar-refractivity contribution < 1.29 is 4.74 Å². The molecular formula is C15H16N4O. The van der Waals surface area contributed by atoms with Gasteiger partial charge in [0.25, 0.3) is 0 Å². The molecule has 0 aliphatic heterocycles. The quantitative estimate of drug-likeness (QED) is 0.904. The number of ether oxygens (including phenoxy) is 1. The Hall–Kier alpha value is -2.61. The van der Waals surface area contributed by atoms with Crippen LogP contribution < -0.4 is 10.5 Å². The fourth-order valence-electron chi connectivity index (χ4n) is 1.75. The van der Waals surface area contributed by atoms with E-state index in [4.69, 9.17) is 15.7 Å². The second-order valence-electron chi connectivity index (χ2n) is 5.47. The van der Waals surface area contributed by atoms with Gasteiger partial charge in [0.2, 0.25) is 0 Å². The van der Waals surface area contributed by atoms with Gasteiger partial charge < -0.3 is 10.5 Å². The molecule has 2 rings (SSSR count). The van der Waals surface area contributed by atoms with Crippen molar-refractivity contribution in [3.05, 3.63) is 41.7 Å². The van der Waals surface area contributed by atoms with Gasteiger partial charge >= 0.3 is 6.01 Å². The van der Waals surface area contributed by atoms with E-state index in [9.17, 15) is 0 Å².